The van der Waals surface area contributed by atoms with E-state index in [1.54, 1.807) is 12.3 Å². The highest BCUT2D eigenvalue weighted by molar-refractivity contribution is 7.98. The molecule has 4 nitrogen and oxygen atoms in total. The molecule has 0 unspecified atom stereocenters. The van der Waals surface area contributed by atoms with Crippen LogP contribution in [0.25, 0.3) is 11.0 Å². The third-order valence-corrected chi connectivity index (χ3v) is 2.68. The van der Waals surface area contributed by atoms with Crippen molar-refractivity contribution in [3.63, 3.8) is 0 Å². The summed E-state index contributed by atoms with van der Waals surface area (Å²) in [4.78, 5) is 12.7. The topological polar surface area (TPSA) is 58.9 Å². The third-order valence-electron chi connectivity index (χ3n) is 2.12. The summed E-state index contributed by atoms with van der Waals surface area (Å²) in [7, 11) is 0. The fourth-order valence-corrected chi connectivity index (χ4v) is 1.67. The Hall–Kier alpha value is -1.36. The molecule has 2 heterocycles. The fourth-order valence-electron chi connectivity index (χ4n) is 1.33. The van der Waals surface area contributed by atoms with Gasteiger partial charge in [-0.15, -0.1) is 0 Å². The van der Waals surface area contributed by atoms with Gasteiger partial charge in [-0.3, -0.25) is 0 Å². The van der Waals surface area contributed by atoms with Gasteiger partial charge in [-0.25, -0.2) is 15.0 Å². The number of thioether (sulfide) groups is 1. The normalized spacial score (nSPS) is 10.8. The number of nitrogens with zero attached hydrogens (tertiary/aromatic N) is 3. The quantitative estimate of drug-likeness (QED) is 0.621. The Morgan fingerprint density at radius 1 is 1.40 bits per heavy atom. The molecule has 0 bridgehead atoms. The molecule has 1 N–H and O–H groups in total. The van der Waals surface area contributed by atoms with Crippen molar-refractivity contribution in [2.24, 2.45) is 0 Å². The maximum atomic E-state index is 9.61. The number of hydrogen-bond donors (Lipinski definition) is 1. The third kappa shape index (κ3) is 1.87. The van der Waals surface area contributed by atoms with Crippen LogP contribution >= 0.6 is 11.8 Å². The lowest BCUT2D eigenvalue weighted by Gasteiger charge is -2.03. The lowest BCUT2D eigenvalue weighted by atomic mass is 10.2. The number of aryl methyl sites for hydroxylation is 1. The summed E-state index contributed by atoms with van der Waals surface area (Å²) in [5.74, 6) is 0.213. The Labute approximate surface area is 91.8 Å². The number of pyridine rings is 1. The average Bonchev–Trinajstić information content (AvgIpc) is 2.27. The minimum absolute atomic E-state index is 0.213. The van der Waals surface area contributed by atoms with E-state index < -0.39 is 0 Å². The van der Waals surface area contributed by atoms with Gasteiger partial charge in [0.15, 0.2) is 10.8 Å². The minimum atomic E-state index is 0.213. The zero-order valence-electron chi connectivity index (χ0n) is 8.56. The molecule has 2 rings (SSSR count). The molecule has 0 atom stereocenters. The second-order valence-corrected chi connectivity index (χ2v) is 3.85. The van der Waals surface area contributed by atoms with Gasteiger partial charge in [-0.2, -0.15) is 0 Å². The molecule has 0 aliphatic heterocycles. The Kier molecular flexibility index (Phi) is 2.73. The number of fused-ring (bicyclic) bond motifs is 1. The average molecular weight is 221 g/mol. The monoisotopic (exact) mass is 221 g/mol. The van der Waals surface area contributed by atoms with Crippen LogP contribution in [0.3, 0.4) is 0 Å². The van der Waals surface area contributed by atoms with Crippen LogP contribution in [0.5, 0.6) is 5.75 Å². The lowest BCUT2D eigenvalue weighted by molar-refractivity contribution is 0.466. The summed E-state index contributed by atoms with van der Waals surface area (Å²) in [6.45, 7) is 1.95. The van der Waals surface area contributed by atoms with Crippen molar-refractivity contribution < 1.29 is 5.11 Å². The predicted molar refractivity (Wildman–Crippen MR) is 60.2 cm³/mol. The largest absolute Gasteiger partial charge is 0.506 e. The number of rotatable bonds is 2. The van der Waals surface area contributed by atoms with Crippen molar-refractivity contribution in [3.05, 3.63) is 18.0 Å². The van der Waals surface area contributed by atoms with Crippen LogP contribution in [0, 0.1) is 0 Å². The molecule has 0 amide bonds. The summed E-state index contributed by atoms with van der Waals surface area (Å²) >= 11 is 1.48. The van der Waals surface area contributed by atoms with Crippen molar-refractivity contribution in [2.75, 3.05) is 6.26 Å². The van der Waals surface area contributed by atoms with E-state index >= 15 is 0 Å². The first-order valence-corrected chi connectivity index (χ1v) is 5.86. The summed E-state index contributed by atoms with van der Waals surface area (Å²) in [5.41, 5.74) is 1.32. The molecular formula is C10H11N3OS. The van der Waals surface area contributed by atoms with Gasteiger partial charge in [-0.1, -0.05) is 18.7 Å². The van der Waals surface area contributed by atoms with Gasteiger partial charge in [0.05, 0.1) is 5.69 Å². The van der Waals surface area contributed by atoms with Crippen LogP contribution in [-0.4, -0.2) is 26.3 Å². The first-order chi connectivity index (χ1) is 7.24. The van der Waals surface area contributed by atoms with Gasteiger partial charge >= 0.3 is 0 Å². The summed E-state index contributed by atoms with van der Waals surface area (Å²) < 4.78 is 0. The van der Waals surface area contributed by atoms with Gasteiger partial charge in [0.1, 0.15) is 5.75 Å². The summed E-state index contributed by atoms with van der Waals surface area (Å²) in [5, 5.41) is 11.1. The highest BCUT2D eigenvalue weighted by atomic mass is 32.2. The first kappa shape index (κ1) is 10.2. The molecule has 2 aromatic rings. The van der Waals surface area contributed by atoms with Crippen molar-refractivity contribution in [2.45, 2.75) is 18.5 Å². The first-order valence-electron chi connectivity index (χ1n) is 4.64. The number of hydrogen-bond acceptors (Lipinski definition) is 5. The maximum Gasteiger partial charge on any atom is 0.189 e. The van der Waals surface area contributed by atoms with Crippen molar-refractivity contribution >= 4 is 22.8 Å². The molecule has 0 saturated heterocycles. The summed E-state index contributed by atoms with van der Waals surface area (Å²) in [6.07, 6.45) is 4.29. The molecule has 0 fully saturated rings. The Balaban J connectivity index is 2.66. The van der Waals surface area contributed by atoms with E-state index in [9.17, 15) is 5.11 Å². The minimum Gasteiger partial charge on any atom is -0.506 e. The Bertz CT molecular complexity index is 501. The van der Waals surface area contributed by atoms with E-state index in [0.717, 1.165) is 5.39 Å². The van der Waals surface area contributed by atoms with Crippen LogP contribution in [-0.2, 0) is 6.42 Å². The van der Waals surface area contributed by atoms with Crippen molar-refractivity contribution in [3.8, 4) is 5.75 Å². The second kappa shape index (κ2) is 4.02. The molecule has 0 spiro atoms. The summed E-state index contributed by atoms with van der Waals surface area (Å²) in [6, 6.07) is 1.66. The Morgan fingerprint density at radius 3 is 2.87 bits per heavy atom. The molecule has 0 aliphatic carbocycles. The maximum absolute atomic E-state index is 9.61. The Morgan fingerprint density at radius 2 is 2.20 bits per heavy atom. The van der Waals surface area contributed by atoms with E-state index in [1.807, 2.05) is 13.2 Å². The van der Waals surface area contributed by atoms with Gasteiger partial charge in [-0.05, 0) is 18.7 Å². The molecule has 15 heavy (non-hydrogen) atoms. The van der Waals surface area contributed by atoms with Crippen LogP contribution < -0.4 is 0 Å². The highest BCUT2D eigenvalue weighted by Crippen LogP contribution is 2.21. The standard InChI is InChI=1S/C10H11N3OS/c1-3-7-8(14)4-6-5-11-10(15-2)13-9(6)12-7/h4-5,14H,3H2,1-2H3. The van der Waals surface area contributed by atoms with Crippen molar-refractivity contribution in [1.82, 2.24) is 15.0 Å². The second-order valence-electron chi connectivity index (χ2n) is 3.08. The van der Waals surface area contributed by atoms with Gasteiger partial charge < -0.3 is 5.11 Å². The SMILES string of the molecule is CCc1nc2nc(SC)ncc2cc1O. The van der Waals surface area contributed by atoms with Crippen LogP contribution in [0.2, 0.25) is 0 Å². The molecule has 0 radical (unpaired) electrons. The number of aromatic hydroxyl groups is 1. The fraction of sp³-hybridized carbons (Fsp3) is 0.300. The van der Waals surface area contributed by atoms with Crippen LogP contribution in [0.15, 0.2) is 17.4 Å². The molecule has 78 valence electrons. The van der Waals surface area contributed by atoms with E-state index in [4.69, 9.17) is 0 Å². The smallest absolute Gasteiger partial charge is 0.189 e. The molecule has 0 saturated carbocycles. The predicted octanol–water partition coefficient (Wildman–Crippen LogP) is 2.01. The zero-order chi connectivity index (χ0) is 10.8. The van der Waals surface area contributed by atoms with Crippen LogP contribution in [0.1, 0.15) is 12.6 Å². The molecule has 0 aliphatic rings. The van der Waals surface area contributed by atoms with Crippen molar-refractivity contribution in [1.29, 1.82) is 0 Å². The number of aromatic nitrogens is 3. The molecule has 5 heteroatoms. The molecular weight excluding hydrogens is 210 g/mol. The molecule has 2 aromatic heterocycles. The zero-order valence-corrected chi connectivity index (χ0v) is 9.38. The van der Waals surface area contributed by atoms with Crippen LogP contribution in [0.4, 0.5) is 0 Å². The van der Waals surface area contributed by atoms with E-state index in [1.165, 1.54) is 11.8 Å². The van der Waals surface area contributed by atoms with E-state index in [0.29, 0.717) is 22.9 Å². The van der Waals surface area contributed by atoms with Gasteiger partial charge in [0.2, 0.25) is 0 Å². The lowest BCUT2D eigenvalue weighted by Crippen LogP contribution is -1.94. The van der Waals surface area contributed by atoms with Gasteiger partial charge in [0.25, 0.3) is 0 Å². The van der Waals surface area contributed by atoms with E-state index in [2.05, 4.69) is 15.0 Å². The molecule has 0 aromatic carbocycles. The van der Waals surface area contributed by atoms with Gasteiger partial charge in [0, 0.05) is 11.6 Å². The highest BCUT2D eigenvalue weighted by Gasteiger charge is 2.06. The van der Waals surface area contributed by atoms with E-state index in [-0.39, 0.29) is 5.75 Å².